The normalized spacial score (nSPS) is 12.4. The van der Waals surface area contributed by atoms with Crippen LogP contribution in [0.4, 0.5) is 4.39 Å². The van der Waals surface area contributed by atoms with Crippen molar-refractivity contribution in [1.29, 1.82) is 0 Å². The lowest BCUT2D eigenvalue weighted by atomic mass is 9.99. The standard InChI is InChI=1S/C14H12Br2FN/c15-10-6-4-9(5-7-10)8-13(18)11-2-1-3-12(16)14(11)17/h1-7,13H,8,18H2. The van der Waals surface area contributed by atoms with E-state index >= 15 is 0 Å². The van der Waals surface area contributed by atoms with Gasteiger partial charge in [-0.15, -0.1) is 0 Å². The van der Waals surface area contributed by atoms with Crippen LogP contribution in [0.5, 0.6) is 0 Å². The zero-order valence-corrected chi connectivity index (χ0v) is 12.7. The van der Waals surface area contributed by atoms with Crippen LogP contribution in [0.1, 0.15) is 17.2 Å². The third-order valence-electron chi connectivity index (χ3n) is 2.75. The fraction of sp³-hybridized carbons (Fsp3) is 0.143. The molecule has 0 radical (unpaired) electrons. The zero-order chi connectivity index (χ0) is 13.1. The van der Waals surface area contributed by atoms with Crippen LogP contribution in [-0.2, 0) is 6.42 Å². The molecule has 0 heterocycles. The second-order valence-corrected chi connectivity index (χ2v) is 5.85. The van der Waals surface area contributed by atoms with E-state index in [9.17, 15) is 4.39 Å². The Kier molecular flexibility index (Phi) is 4.54. The lowest BCUT2D eigenvalue weighted by Crippen LogP contribution is -2.15. The maximum absolute atomic E-state index is 13.9. The zero-order valence-electron chi connectivity index (χ0n) is 9.54. The van der Waals surface area contributed by atoms with E-state index in [1.807, 2.05) is 24.3 Å². The van der Waals surface area contributed by atoms with Crippen LogP contribution in [-0.4, -0.2) is 0 Å². The Balaban J connectivity index is 2.19. The molecule has 2 aromatic carbocycles. The summed E-state index contributed by atoms with van der Waals surface area (Å²) >= 11 is 6.55. The number of hydrogen-bond donors (Lipinski definition) is 1. The van der Waals surface area contributed by atoms with Crippen molar-refractivity contribution in [2.75, 3.05) is 0 Å². The highest BCUT2D eigenvalue weighted by atomic mass is 79.9. The molecule has 0 saturated carbocycles. The Morgan fingerprint density at radius 3 is 2.39 bits per heavy atom. The van der Waals surface area contributed by atoms with Crippen LogP contribution in [0, 0.1) is 5.82 Å². The number of benzene rings is 2. The molecule has 2 aromatic rings. The van der Waals surface area contributed by atoms with Gasteiger partial charge in [0, 0.05) is 16.1 Å². The number of halogens is 3. The second-order valence-electron chi connectivity index (χ2n) is 4.08. The maximum atomic E-state index is 13.9. The highest BCUT2D eigenvalue weighted by Gasteiger charge is 2.13. The van der Waals surface area contributed by atoms with Gasteiger partial charge in [-0.3, -0.25) is 0 Å². The van der Waals surface area contributed by atoms with Gasteiger partial charge in [0.15, 0.2) is 0 Å². The molecule has 0 aromatic heterocycles. The molecule has 2 rings (SSSR count). The van der Waals surface area contributed by atoms with Gasteiger partial charge in [-0.25, -0.2) is 4.39 Å². The SMILES string of the molecule is NC(Cc1ccc(Br)cc1)c1cccc(Br)c1F. The van der Waals surface area contributed by atoms with E-state index in [1.54, 1.807) is 18.2 Å². The molecule has 1 atom stereocenters. The topological polar surface area (TPSA) is 26.0 Å². The van der Waals surface area contributed by atoms with Crippen LogP contribution in [0.25, 0.3) is 0 Å². The third-order valence-corrected chi connectivity index (χ3v) is 3.89. The summed E-state index contributed by atoms with van der Waals surface area (Å²) in [4.78, 5) is 0. The molecular weight excluding hydrogens is 361 g/mol. The fourth-order valence-electron chi connectivity index (χ4n) is 1.79. The minimum absolute atomic E-state index is 0.276. The first-order valence-electron chi connectivity index (χ1n) is 5.52. The van der Waals surface area contributed by atoms with Crippen LogP contribution in [0.3, 0.4) is 0 Å². The van der Waals surface area contributed by atoms with Gasteiger partial charge in [-0.1, -0.05) is 40.2 Å². The van der Waals surface area contributed by atoms with E-state index in [0.29, 0.717) is 16.5 Å². The minimum Gasteiger partial charge on any atom is -0.324 e. The number of hydrogen-bond acceptors (Lipinski definition) is 1. The molecule has 0 fully saturated rings. The summed E-state index contributed by atoms with van der Waals surface area (Å²) in [5.74, 6) is -0.276. The quantitative estimate of drug-likeness (QED) is 0.837. The van der Waals surface area contributed by atoms with Gasteiger partial charge in [-0.05, 0) is 46.1 Å². The Morgan fingerprint density at radius 1 is 1.06 bits per heavy atom. The molecule has 0 aliphatic carbocycles. The van der Waals surface area contributed by atoms with Crippen LogP contribution in [0.2, 0.25) is 0 Å². The van der Waals surface area contributed by atoms with Crippen LogP contribution < -0.4 is 5.73 Å². The summed E-state index contributed by atoms with van der Waals surface area (Å²) < 4.78 is 15.4. The molecule has 1 unspecified atom stereocenters. The Morgan fingerprint density at radius 2 is 1.72 bits per heavy atom. The summed E-state index contributed by atoms with van der Waals surface area (Å²) in [6.07, 6.45) is 0.612. The Bertz CT molecular complexity index is 540. The molecule has 4 heteroatoms. The van der Waals surface area contributed by atoms with Crippen molar-refractivity contribution in [3.63, 3.8) is 0 Å². The van der Waals surface area contributed by atoms with Crippen LogP contribution >= 0.6 is 31.9 Å². The molecule has 0 aliphatic heterocycles. The molecule has 0 spiro atoms. The lowest BCUT2D eigenvalue weighted by Gasteiger charge is -2.14. The van der Waals surface area contributed by atoms with Gasteiger partial charge >= 0.3 is 0 Å². The van der Waals surface area contributed by atoms with Crippen molar-refractivity contribution < 1.29 is 4.39 Å². The summed E-state index contributed by atoms with van der Waals surface area (Å²) in [5.41, 5.74) is 7.68. The van der Waals surface area contributed by atoms with Crippen molar-refractivity contribution in [3.8, 4) is 0 Å². The minimum atomic E-state index is -0.344. The van der Waals surface area contributed by atoms with Gasteiger partial charge < -0.3 is 5.73 Å². The van der Waals surface area contributed by atoms with E-state index in [0.717, 1.165) is 10.0 Å². The molecule has 1 nitrogen and oxygen atoms in total. The molecule has 2 N–H and O–H groups in total. The monoisotopic (exact) mass is 371 g/mol. The van der Waals surface area contributed by atoms with Crippen molar-refractivity contribution in [1.82, 2.24) is 0 Å². The summed E-state index contributed by atoms with van der Waals surface area (Å²) in [5, 5.41) is 0. The summed E-state index contributed by atoms with van der Waals surface area (Å²) in [7, 11) is 0. The second kappa shape index (κ2) is 5.95. The largest absolute Gasteiger partial charge is 0.324 e. The van der Waals surface area contributed by atoms with Gasteiger partial charge in [0.2, 0.25) is 0 Å². The fourth-order valence-corrected chi connectivity index (χ4v) is 2.44. The molecule has 18 heavy (non-hydrogen) atoms. The summed E-state index contributed by atoms with van der Waals surface area (Å²) in [6, 6.07) is 12.7. The molecule has 0 aliphatic rings. The van der Waals surface area contributed by atoms with Crippen molar-refractivity contribution >= 4 is 31.9 Å². The first-order chi connectivity index (χ1) is 8.58. The average Bonchev–Trinajstić information content (AvgIpc) is 2.35. The first kappa shape index (κ1) is 13.7. The van der Waals surface area contributed by atoms with Gasteiger partial charge in [0.05, 0.1) is 4.47 Å². The van der Waals surface area contributed by atoms with Crippen molar-refractivity contribution in [2.45, 2.75) is 12.5 Å². The molecule has 0 bridgehead atoms. The molecule has 0 saturated heterocycles. The number of nitrogens with two attached hydrogens (primary N) is 1. The average molecular weight is 373 g/mol. The third kappa shape index (κ3) is 3.19. The molecule has 0 amide bonds. The predicted octanol–water partition coefficient (Wildman–Crippen LogP) is 4.59. The van der Waals surface area contributed by atoms with Gasteiger partial charge in [-0.2, -0.15) is 0 Å². The predicted molar refractivity (Wildman–Crippen MR) is 78.9 cm³/mol. The first-order valence-corrected chi connectivity index (χ1v) is 7.10. The van der Waals surface area contributed by atoms with E-state index in [-0.39, 0.29) is 11.9 Å². The van der Waals surface area contributed by atoms with E-state index in [2.05, 4.69) is 31.9 Å². The smallest absolute Gasteiger partial charge is 0.142 e. The van der Waals surface area contributed by atoms with Gasteiger partial charge in [0.1, 0.15) is 5.82 Å². The lowest BCUT2D eigenvalue weighted by molar-refractivity contribution is 0.575. The highest BCUT2D eigenvalue weighted by Crippen LogP contribution is 2.25. The van der Waals surface area contributed by atoms with Crippen molar-refractivity contribution in [3.05, 3.63) is 68.4 Å². The maximum Gasteiger partial charge on any atom is 0.142 e. The van der Waals surface area contributed by atoms with E-state index in [1.165, 1.54) is 0 Å². The molecular formula is C14H12Br2FN. The van der Waals surface area contributed by atoms with Gasteiger partial charge in [0.25, 0.3) is 0 Å². The van der Waals surface area contributed by atoms with E-state index < -0.39 is 0 Å². The Labute approximate surface area is 122 Å². The van der Waals surface area contributed by atoms with Crippen LogP contribution in [0.15, 0.2) is 51.4 Å². The highest BCUT2D eigenvalue weighted by molar-refractivity contribution is 9.10. The summed E-state index contributed by atoms with van der Waals surface area (Å²) in [6.45, 7) is 0. The van der Waals surface area contributed by atoms with Crippen molar-refractivity contribution in [2.24, 2.45) is 5.73 Å². The van der Waals surface area contributed by atoms with E-state index in [4.69, 9.17) is 5.73 Å². The number of rotatable bonds is 3. The Hall–Kier alpha value is -0.710. The molecule has 94 valence electrons.